The SMILES string of the molecule is CC(C)C(=O)C1(Cn2cccn2)CCCCC1. The summed E-state index contributed by atoms with van der Waals surface area (Å²) < 4.78 is 1.92. The van der Waals surface area contributed by atoms with Crippen LogP contribution in [0.3, 0.4) is 0 Å². The van der Waals surface area contributed by atoms with Crippen molar-refractivity contribution in [2.75, 3.05) is 0 Å². The van der Waals surface area contributed by atoms with Gasteiger partial charge in [0.2, 0.25) is 0 Å². The summed E-state index contributed by atoms with van der Waals surface area (Å²) in [4.78, 5) is 12.5. The van der Waals surface area contributed by atoms with Gasteiger partial charge >= 0.3 is 0 Å². The summed E-state index contributed by atoms with van der Waals surface area (Å²) in [5, 5.41) is 4.26. The standard InChI is InChI=1S/C14H22N2O/c1-12(2)13(17)14(7-4-3-5-8-14)11-16-10-6-9-15-16/h6,9-10,12H,3-5,7-8,11H2,1-2H3. The van der Waals surface area contributed by atoms with Crippen LogP contribution >= 0.6 is 0 Å². The van der Waals surface area contributed by atoms with E-state index in [2.05, 4.69) is 5.10 Å². The minimum absolute atomic E-state index is 0.128. The lowest BCUT2D eigenvalue weighted by Gasteiger charge is -2.37. The zero-order chi connectivity index (χ0) is 12.3. The highest BCUT2D eigenvalue weighted by atomic mass is 16.1. The monoisotopic (exact) mass is 234 g/mol. The molecule has 3 nitrogen and oxygen atoms in total. The lowest BCUT2D eigenvalue weighted by atomic mass is 9.68. The second-order valence-electron chi connectivity index (χ2n) is 5.56. The highest BCUT2D eigenvalue weighted by Crippen LogP contribution is 2.40. The molecule has 0 radical (unpaired) electrons. The van der Waals surface area contributed by atoms with Gasteiger partial charge in [-0.3, -0.25) is 9.48 Å². The number of aromatic nitrogens is 2. The molecule has 94 valence electrons. The topological polar surface area (TPSA) is 34.9 Å². The minimum atomic E-state index is -0.154. The van der Waals surface area contributed by atoms with Gasteiger partial charge in [0, 0.05) is 23.7 Å². The van der Waals surface area contributed by atoms with Crippen molar-refractivity contribution in [2.24, 2.45) is 11.3 Å². The van der Waals surface area contributed by atoms with E-state index >= 15 is 0 Å². The molecular weight excluding hydrogens is 212 g/mol. The van der Waals surface area contributed by atoms with Gasteiger partial charge in [-0.1, -0.05) is 33.1 Å². The number of carbonyl (C=O) groups is 1. The summed E-state index contributed by atoms with van der Waals surface area (Å²) in [6.07, 6.45) is 9.44. The van der Waals surface area contributed by atoms with Gasteiger partial charge < -0.3 is 0 Å². The molecule has 0 bridgehead atoms. The van der Waals surface area contributed by atoms with Crippen molar-refractivity contribution in [1.29, 1.82) is 0 Å². The number of hydrogen-bond donors (Lipinski definition) is 0. The van der Waals surface area contributed by atoms with Crippen LogP contribution < -0.4 is 0 Å². The maximum atomic E-state index is 12.5. The molecule has 17 heavy (non-hydrogen) atoms. The number of rotatable bonds is 4. The van der Waals surface area contributed by atoms with Crippen LogP contribution in [0.4, 0.5) is 0 Å². The van der Waals surface area contributed by atoms with E-state index in [4.69, 9.17) is 0 Å². The lowest BCUT2D eigenvalue weighted by Crippen LogP contribution is -2.40. The number of carbonyl (C=O) groups excluding carboxylic acids is 1. The molecule has 1 fully saturated rings. The van der Waals surface area contributed by atoms with Crippen LogP contribution in [0.15, 0.2) is 18.5 Å². The van der Waals surface area contributed by atoms with Crippen molar-refractivity contribution >= 4 is 5.78 Å². The predicted molar refractivity (Wildman–Crippen MR) is 67.6 cm³/mol. The first-order valence-corrected chi connectivity index (χ1v) is 6.66. The Balaban J connectivity index is 2.20. The van der Waals surface area contributed by atoms with Crippen LogP contribution in [0.5, 0.6) is 0 Å². The maximum absolute atomic E-state index is 12.5. The number of ketones is 1. The zero-order valence-electron chi connectivity index (χ0n) is 10.9. The first kappa shape index (κ1) is 12.3. The number of hydrogen-bond acceptors (Lipinski definition) is 2. The third kappa shape index (κ3) is 2.59. The van der Waals surface area contributed by atoms with Gasteiger partial charge in [-0.15, -0.1) is 0 Å². The lowest BCUT2D eigenvalue weighted by molar-refractivity contribution is -0.135. The van der Waals surface area contributed by atoms with Gasteiger partial charge in [0.15, 0.2) is 0 Å². The van der Waals surface area contributed by atoms with Gasteiger partial charge in [0.05, 0.1) is 6.54 Å². The van der Waals surface area contributed by atoms with Gasteiger partial charge in [0.25, 0.3) is 0 Å². The first-order valence-electron chi connectivity index (χ1n) is 6.66. The largest absolute Gasteiger partial charge is 0.299 e. The van der Waals surface area contributed by atoms with E-state index in [1.165, 1.54) is 19.3 Å². The van der Waals surface area contributed by atoms with Crippen molar-refractivity contribution in [1.82, 2.24) is 9.78 Å². The molecular formula is C14H22N2O. The second-order valence-corrected chi connectivity index (χ2v) is 5.56. The molecule has 0 saturated heterocycles. The number of nitrogens with zero attached hydrogens (tertiary/aromatic N) is 2. The summed E-state index contributed by atoms with van der Waals surface area (Å²) in [5.41, 5.74) is -0.154. The molecule has 0 N–H and O–H groups in total. The molecule has 1 aliphatic carbocycles. The fraction of sp³-hybridized carbons (Fsp3) is 0.714. The van der Waals surface area contributed by atoms with Crippen molar-refractivity contribution in [3.05, 3.63) is 18.5 Å². The van der Waals surface area contributed by atoms with E-state index in [0.717, 1.165) is 19.4 Å². The van der Waals surface area contributed by atoms with Crippen LogP contribution in [0, 0.1) is 11.3 Å². The molecule has 0 unspecified atom stereocenters. The van der Waals surface area contributed by atoms with Gasteiger partial charge in [-0.25, -0.2) is 0 Å². The minimum Gasteiger partial charge on any atom is -0.299 e. The van der Waals surface area contributed by atoms with E-state index in [1.807, 2.05) is 30.8 Å². The quantitative estimate of drug-likeness (QED) is 0.802. The van der Waals surface area contributed by atoms with Crippen molar-refractivity contribution in [3.63, 3.8) is 0 Å². The van der Waals surface area contributed by atoms with Crippen LogP contribution in [0.2, 0.25) is 0 Å². The predicted octanol–water partition coefficient (Wildman–Crippen LogP) is 3.06. The zero-order valence-corrected chi connectivity index (χ0v) is 10.9. The van der Waals surface area contributed by atoms with Crippen molar-refractivity contribution in [2.45, 2.75) is 52.5 Å². The van der Waals surface area contributed by atoms with Crippen LogP contribution in [0.1, 0.15) is 46.0 Å². The molecule has 1 aliphatic rings. The van der Waals surface area contributed by atoms with E-state index in [9.17, 15) is 4.79 Å². The third-order valence-corrected chi connectivity index (χ3v) is 3.88. The second kappa shape index (κ2) is 5.03. The fourth-order valence-electron chi connectivity index (χ4n) is 3.03. The Labute approximate surface area is 103 Å². The highest BCUT2D eigenvalue weighted by Gasteiger charge is 2.40. The van der Waals surface area contributed by atoms with E-state index in [1.54, 1.807) is 6.20 Å². The normalized spacial score (nSPS) is 19.5. The highest BCUT2D eigenvalue weighted by molar-refractivity contribution is 5.86. The number of Topliss-reactive ketones (excluding diaryl/α,β-unsaturated/α-hetero) is 1. The summed E-state index contributed by atoms with van der Waals surface area (Å²) in [7, 11) is 0. The molecule has 1 aromatic rings. The van der Waals surface area contributed by atoms with Crippen LogP contribution in [-0.2, 0) is 11.3 Å². The summed E-state index contributed by atoms with van der Waals surface area (Å²) in [6.45, 7) is 4.79. The van der Waals surface area contributed by atoms with Gasteiger partial charge in [-0.05, 0) is 18.9 Å². The molecule has 0 amide bonds. The van der Waals surface area contributed by atoms with Crippen LogP contribution in [0.25, 0.3) is 0 Å². The Kier molecular flexibility index (Phi) is 3.65. The molecule has 2 rings (SSSR count). The fourth-order valence-corrected chi connectivity index (χ4v) is 3.03. The molecule has 3 heteroatoms. The molecule has 0 aromatic carbocycles. The van der Waals surface area contributed by atoms with Gasteiger partial charge in [-0.2, -0.15) is 5.10 Å². The Morgan fingerprint density at radius 2 is 2.06 bits per heavy atom. The van der Waals surface area contributed by atoms with Gasteiger partial charge in [0.1, 0.15) is 5.78 Å². The molecule has 1 heterocycles. The van der Waals surface area contributed by atoms with E-state index in [0.29, 0.717) is 5.78 Å². The Hall–Kier alpha value is -1.12. The van der Waals surface area contributed by atoms with Crippen molar-refractivity contribution < 1.29 is 4.79 Å². The molecule has 0 spiro atoms. The Bertz CT molecular complexity index is 362. The average Bonchev–Trinajstić information content (AvgIpc) is 2.81. The molecule has 0 atom stereocenters. The van der Waals surface area contributed by atoms with Crippen molar-refractivity contribution in [3.8, 4) is 0 Å². The average molecular weight is 234 g/mol. The Morgan fingerprint density at radius 1 is 1.35 bits per heavy atom. The van der Waals surface area contributed by atoms with E-state index < -0.39 is 0 Å². The summed E-state index contributed by atoms with van der Waals surface area (Å²) in [6, 6.07) is 1.93. The molecule has 0 aliphatic heterocycles. The summed E-state index contributed by atoms with van der Waals surface area (Å²) in [5.74, 6) is 0.552. The maximum Gasteiger partial charge on any atom is 0.143 e. The smallest absolute Gasteiger partial charge is 0.143 e. The summed E-state index contributed by atoms with van der Waals surface area (Å²) >= 11 is 0. The van der Waals surface area contributed by atoms with E-state index in [-0.39, 0.29) is 11.3 Å². The third-order valence-electron chi connectivity index (χ3n) is 3.88. The molecule has 1 aromatic heterocycles. The van der Waals surface area contributed by atoms with Crippen LogP contribution in [-0.4, -0.2) is 15.6 Å². The Morgan fingerprint density at radius 3 is 2.59 bits per heavy atom. The molecule has 1 saturated carbocycles. The first-order chi connectivity index (χ1) is 8.14.